The van der Waals surface area contributed by atoms with E-state index in [1.54, 1.807) is 38.1 Å². The topological polar surface area (TPSA) is 84.3 Å². The van der Waals surface area contributed by atoms with Gasteiger partial charge in [0.15, 0.2) is 0 Å². The van der Waals surface area contributed by atoms with Crippen LogP contribution in [0.1, 0.15) is 35.6 Å². The van der Waals surface area contributed by atoms with Crippen LogP contribution in [0.3, 0.4) is 0 Å². The number of carbonyl (C=O) groups is 1. The lowest BCUT2D eigenvalue weighted by atomic mass is 10.2. The number of aryl methyl sites for hydroxylation is 2. The number of aromatic nitrogens is 2. The molecule has 0 saturated heterocycles. The molecule has 1 aromatic heterocycles. The molecule has 0 spiro atoms. The van der Waals surface area contributed by atoms with Gasteiger partial charge in [0, 0.05) is 30.0 Å². The number of nitrogens with zero attached hydrogens (tertiary/aromatic N) is 3. The first kappa shape index (κ1) is 21.7. The van der Waals surface area contributed by atoms with Crippen LogP contribution < -0.4 is 5.32 Å². The summed E-state index contributed by atoms with van der Waals surface area (Å²) in [7, 11) is -3.52. The summed E-state index contributed by atoms with van der Waals surface area (Å²) >= 11 is 0. The second-order valence-electron chi connectivity index (χ2n) is 6.95. The Balaban J connectivity index is 1.72. The van der Waals surface area contributed by atoms with Crippen LogP contribution in [0, 0.1) is 13.8 Å². The maximum Gasteiger partial charge on any atom is 0.255 e. The fourth-order valence-electron chi connectivity index (χ4n) is 3.27. The van der Waals surface area contributed by atoms with E-state index in [1.807, 2.05) is 36.7 Å². The van der Waals surface area contributed by atoms with Crippen LogP contribution in [0.5, 0.6) is 0 Å². The molecule has 0 radical (unpaired) electrons. The number of hydrogen-bond donors (Lipinski definition) is 1. The van der Waals surface area contributed by atoms with Crippen LogP contribution in [0.2, 0.25) is 0 Å². The molecule has 3 rings (SSSR count). The zero-order valence-corrected chi connectivity index (χ0v) is 18.4. The number of benzene rings is 2. The number of sulfonamides is 1. The smallest absolute Gasteiger partial charge is 0.255 e. The molecule has 2 aromatic carbocycles. The lowest BCUT2D eigenvalue weighted by Crippen LogP contribution is -2.30. The maximum atomic E-state index is 12.6. The highest BCUT2D eigenvalue weighted by Crippen LogP contribution is 2.19. The first-order valence-electron chi connectivity index (χ1n) is 9.81. The van der Waals surface area contributed by atoms with Crippen molar-refractivity contribution in [3.63, 3.8) is 0 Å². The average Bonchev–Trinajstić information content (AvgIpc) is 3.07. The summed E-state index contributed by atoms with van der Waals surface area (Å²) < 4.78 is 28.3. The molecular weight excluding hydrogens is 400 g/mol. The van der Waals surface area contributed by atoms with Gasteiger partial charge in [0.25, 0.3) is 5.91 Å². The van der Waals surface area contributed by atoms with E-state index in [4.69, 9.17) is 0 Å². The largest absolute Gasteiger partial charge is 0.322 e. The van der Waals surface area contributed by atoms with Gasteiger partial charge >= 0.3 is 0 Å². The van der Waals surface area contributed by atoms with Crippen molar-refractivity contribution in [3.8, 4) is 5.69 Å². The summed E-state index contributed by atoms with van der Waals surface area (Å²) in [5, 5.41) is 7.24. The Morgan fingerprint density at radius 1 is 1.00 bits per heavy atom. The Morgan fingerprint density at radius 3 is 2.10 bits per heavy atom. The number of rotatable bonds is 7. The standard InChI is InChI=1S/C22H26N4O3S/c1-5-25(6-2)30(28,29)21-13-9-19(10-14-21)23-22(27)18-7-11-20(12-8-18)26-17(4)15-16(3)24-26/h7-15H,5-6H2,1-4H3,(H,23,27). The van der Waals surface area contributed by atoms with Gasteiger partial charge in [-0.05, 0) is 68.4 Å². The molecule has 7 nitrogen and oxygen atoms in total. The van der Waals surface area contributed by atoms with Crippen molar-refractivity contribution in [1.82, 2.24) is 14.1 Å². The van der Waals surface area contributed by atoms with Gasteiger partial charge in [0.1, 0.15) is 0 Å². The third-order valence-corrected chi connectivity index (χ3v) is 6.90. The highest BCUT2D eigenvalue weighted by atomic mass is 32.2. The van der Waals surface area contributed by atoms with Gasteiger partial charge in [-0.2, -0.15) is 9.40 Å². The summed E-state index contributed by atoms with van der Waals surface area (Å²) in [6.45, 7) is 8.33. The van der Waals surface area contributed by atoms with Crippen LogP contribution in [0.15, 0.2) is 59.5 Å². The van der Waals surface area contributed by atoms with E-state index in [0.717, 1.165) is 17.1 Å². The van der Waals surface area contributed by atoms with E-state index in [2.05, 4.69) is 10.4 Å². The molecule has 0 bridgehead atoms. The first-order valence-corrected chi connectivity index (χ1v) is 11.3. The molecule has 158 valence electrons. The van der Waals surface area contributed by atoms with Gasteiger partial charge in [0.05, 0.1) is 16.3 Å². The third kappa shape index (κ3) is 4.44. The minimum Gasteiger partial charge on any atom is -0.322 e. The summed E-state index contributed by atoms with van der Waals surface area (Å²) in [4.78, 5) is 12.8. The van der Waals surface area contributed by atoms with Gasteiger partial charge in [-0.3, -0.25) is 4.79 Å². The molecular formula is C22H26N4O3S. The van der Waals surface area contributed by atoms with Gasteiger partial charge in [-0.15, -0.1) is 0 Å². The Labute approximate surface area is 177 Å². The van der Waals surface area contributed by atoms with Crippen molar-refractivity contribution in [2.75, 3.05) is 18.4 Å². The van der Waals surface area contributed by atoms with Crippen molar-refractivity contribution in [2.24, 2.45) is 0 Å². The molecule has 1 amide bonds. The summed E-state index contributed by atoms with van der Waals surface area (Å²) in [6, 6.07) is 15.4. The quantitative estimate of drug-likeness (QED) is 0.623. The predicted molar refractivity (Wildman–Crippen MR) is 118 cm³/mol. The van der Waals surface area contributed by atoms with Crippen LogP contribution in [0.25, 0.3) is 5.69 Å². The second-order valence-corrected chi connectivity index (χ2v) is 8.89. The fraction of sp³-hybridized carbons (Fsp3) is 0.273. The minimum absolute atomic E-state index is 0.207. The monoisotopic (exact) mass is 426 g/mol. The molecule has 30 heavy (non-hydrogen) atoms. The molecule has 0 aliphatic heterocycles. The van der Waals surface area contributed by atoms with Crippen LogP contribution >= 0.6 is 0 Å². The first-order chi connectivity index (χ1) is 14.3. The summed E-state index contributed by atoms with van der Waals surface area (Å²) in [5.41, 5.74) is 3.86. The molecule has 1 heterocycles. The lowest BCUT2D eigenvalue weighted by Gasteiger charge is -2.18. The van der Waals surface area contributed by atoms with Gasteiger partial charge in [-0.1, -0.05) is 13.8 Å². The number of amides is 1. The van der Waals surface area contributed by atoms with Gasteiger partial charge in [-0.25, -0.2) is 13.1 Å². The van der Waals surface area contributed by atoms with Crippen molar-refractivity contribution in [3.05, 3.63) is 71.5 Å². The van der Waals surface area contributed by atoms with Crippen molar-refractivity contribution < 1.29 is 13.2 Å². The van der Waals surface area contributed by atoms with Crippen molar-refractivity contribution >= 4 is 21.6 Å². The van der Waals surface area contributed by atoms with E-state index in [9.17, 15) is 13.2 Å². The third-order valence-electron chi connectivity index (χ3n) is 4.84. The Bertz CT molecular complexity index is 1130. The Kier molecular flexibility index (Phi) is 6.38. The van der Waals surface area contributed by atoms with E-state index < -0.39 is 10.0 Å². The molecule has 0 fully saturated rings. The second kappa shape index (κ2) is 8.81. The van der Waals surface area contributed by atoms with E-state index in [1.165, 1.54) is 16.4 Å². The molecule has 0 unspecified atom stereocenters. The zero-order valence-electron chi connectivity index (χ0n) is 17.6. The minimum atomic E-state index is -3.52. The van der Waals surface area contributed by atoms with Crippen molar-refractivity contribution in [2.45, 2.75) is 32.6 Å². The Morgan fingerprint density at radius 2 is 1.60 bits per heavy atom. The number of anilines is 1. The number of nitrogens with one attached hydrogen (secondary N) is 1. The fourth-order valence-corrected chi connectivity index (χ4v) is 4.73. The molecule has 3 aromatic rings. The summed E-state index contributed by atoms with van der Waals surface area (Å²) in [5.74, 6) is -0.269. The van der Waals surface area contributed by atoms with Crippen LogP contribution in [-0.4, -0.2) is 41.5 Å². The molecule has 0 saturated carbocycles. The van der Waals surface area contributed by atoms with Crippen LogP contribution in [0.4, 0.5) is 5.69 Å². The number of hydrogen-bond acceptors (Lipinski definition) is 4. The molecule has 0 aliphatic carbocycles. The number of carbonyl (C=O) groups excluding carboxylic acids is 1. The predicted octanol–water partition coefficient (Wildman–Crippen LogP) is 3.77. The SMILES string of the molecule is CCN(CC)S(=O)(=O)c1ccc(NC(=O)c2ccc(-n3nc(C)cc3C)cc2)cc1. The molecule has 0 atom stereocenters. The lowest BCUT2D eigenvalue weighted by molar-refractivity contribution is 0.102. The van der Waals surface area contributed by atoms with Crippen molar-refractivity contribution in [1.29, 1.82) is 0 Å². The average molecular weight is 427 g/mol. The van der Waals surface area contributed by atoms with E-state index >= 15 is 0 Å². The Hall–Kier alpha value is -2.97. The normalized spacial score (nSPS) is 11.6. The van der Waals surface area contributed by atoms with Gasteiger partial charge in [0.2, 0.25) is 10.0 Å². The van der Waals surface area contributed by atoms with Gasteiger partial charge < -0.3 is 5.32 Å². The van der Waals surface area contributed by atoms with E-state index in [0.29, 0.717) is 24.3 Å². The zero-order chi connectivity index (χ0) is 21.9. The maximum absolute atomic E-state index is 12.6. The highest BCUT2D eigenvalue weighted by molar-refractivity contribution is 7.89. The molecule has 8 heteroatoms. The van der Waals surface area contributed by atoms with Crippen LogP contribution in [-0.2, 0) is 10.0 Å². The molecule has 0 aliphatic rings. The summed E-state index contributed by atoms with van der Waals surface area (Å²) in [6.07, 6.45) is 0. The highest BCUT2D eigenvalue weighted by Gasteiger charge is 2.21. The molecule has 1 N–H and O–H groups in total. The van der Waals surface area contributed by atoms with E-state index in [-0.39, 0.29) is 10.8 Å².